The van der Waals surface area contributed by atoms with E-state index in [1.165, 1.54) is 0 Å². The zero-order chi connectivity index (χ0) is 18.0. The molecule has 0 radical (unpaired) electrons. The zero-order valence-electron chi connectivity index (χ0n) is 15.1. The first-order chi connectivity index (χ1) is 11.9. The summed E-state index contributed by atoms with van der Waals surface area (Å²) in [7, 11) is 0. The molecular weight excluding hydrogens is 336 g/mol. The predicted molar refractivity (Wildman–Crippen MR) is 101 cm³/mol. The van der Waals surface area contributed by atoms with E-state index in [2.05, 4.69) is 23.0 Å². The number of amides is 1. The van der Waals surface area contributed by atoms with E-state index in [0.29, 0.717) is 6.42 Å². The molecule has 6 heteroatoms. The molecule has 0 aliphatic carbocycles. The molecule has 1 aliphatic heterocycles. The number of hydrogen-bond donors (Lipinski definition) is 0. The van der Waals surface area contributed by atoms with Gasteiger partial charge in [-0.2, -0.15) is 5.10 Å². The lowest BCUT2D eigenvalue weighted by Crippen LogP contribution is -2.49. The average molecular weight is 361 g/mol. The molecule has 0 N–H and O–H groups in total. The maximum absolute atomic E-state index is 12.6. The number of aromatic nitrogens is 2. The Bertz CT molecular complexity index is 750. The number of piperazine rings is 1. The van der Waals surface area contributed by atoms with Crippen molar-refractivity contribution in [3.63, 3.8) is 0 Å². The summed E-state index contributed by atoms with van der Waals surface area (Å²) in [5, 5.41) is 5.24. The Morgan fingerprint density at radius 1 is 1.20 bits per heavy atom. The van der Waals surface area contributed by atoms with E-state index in [1.54, 1.807) is 0 Å². The molecule has 3 rings (SSSR count). The van der Waals surface area contributed by atoms with Gasteiger partial charge in [-0.15, -0.1) is 0 Å². The van der Waals surface area contributed by atoms with Gasteiger partial charge in [0.05, 0.1) is 11.7 Å². The Kier molecular flexibility index (Phi) is 5.33. The second kappa shape index (κ2) is 7.48. The van der Waals surface area contributed by atoms with Crippen LogP contribution >= 0.6 is 11.6 Å². The third-order valence-electron chi connectivity index (χ3n) is 4.74. The van der Waals surface area contributed by atoms with Crippen LogP contribution in [0.4, 0.5) is 5.69 Å². The molecule has 0 spiro atoms. The molecule has 1 aromatic heterocycles. The van der Waals surface area contributed by atoms with Gasteiger partial charge in [0.2, 0.25) is 5.91 Å². The lowest BCUT2D eigenvalue weighted by atomic mass is 10.2. The van der Waals surface area contributed by atoms with Gasteiger partial charge in [0.15, 0.2) is 0 Å². The number of carbonyl (C=O) groups is 1. The van der Waals surface area contributed by atoms with Crippen molar-refractivity contribution in [2.75, 3.05) is 31.1 Å². The van der Waals surface area contributed by atoms with Crippen LogP contribution in [-0.2, 0) is 4.79 Å². The van der Waals surface area contributed by atoms with Crippen LogP contribution in [0.1, 0.15) is 30.8 Å². The maximum atomic E-state index is 12.6. The molecule has 1 amide bonds. The molecule has 0 saturated carbocycles. The van der Waals surface area contributed by atoms with Crippen molar-refractivity contribution in [1.82, 2.24) is 14.7 Å². The van der Waals surface area contributed by atoms with Crippen LogP contribution < -0.4 is 4.90 Å². The standard InChI is InChI=1S/C19H25ClN4O/c1-14-11-15(2)24(21-14)16(3)12-19(25)23-9-7-22(8-10-23)18-6-4-5-17(20)13-18/h4-6,11,13,16H,7-10,12H2,1-3H3. The third-order valence-corrected chi connectivity index (χ3v) is 4.97. The van der Waals surface area contributed by atoms with Gasteiger partial charge in [0.25, 0.3) is 0 Å². The highest BCUT2D eigenvalue weighted by Gasteiger charge is 2.23. The number of rotatable bonds is 4. The topological polar surface area (TPSA) is 41.4 Å². The lowest BCUT2D eigenvalue weighted by molar-refractivity contribution is -0.132. The van der Waals surface area contributed by atoms with Crippen molar-refractivity contribution in [2.45, 2.75) is 33.2 Å². The molecule has 2 aromatic rings. The molecular formula is C19H25ClN4O. The first-order valence-corrected chi connectivity index (χ1v) is 9.13. The van der Waals surface area contributed by atoms with E-state index in [-0.39, 0.29) is 11.9 Å². The molecule has 0 bridgehead atoms. The summed E-state index contributed by atoms with van der Waals surface area (Å²) in [5.41, 5.74) is 3.21. The maximum Gasteiger partial charge on any atom is 0.224 e. The molecule has 134 valence electrons. The minimum atomic E-state index is 0.0761. The molecule has 1 saturated heterocycles. The van der Waals surface area contributed by atoms with E-state index in [1.807, 2.05) is 47.7 Å². The number of nitrogens with zero attached hydrogens (tertiary/aromatic N) is 4. The van der Waals surface area contributed by atoms with Crippen LogP contribution in [0, 0.1) is 13.8 Å². The summed E-state index contributed by atoms with van der Waals surface area (Å²) in [6.07, 6.45) is 0.485. The van der Waals surface area contributed by atoms with Gasteiger partial charge in [-0.05, 0) is 45.0 Å². The van der Waals surface area contributed by atoms with E-state index < -0.39 is 0 Å². The zero-order valence-corrected chi connectivity index (χ0v) is 15.8. The molecule has 1 aliphatic rings. The summed E-state index contributed by atoms with van der Waals surface area (Å²) in [5.74, 6) is 0.200. The summed E-state index contributed by atoms with van der Waals surface area (Å²) < 4.78 is 1.95. The fourth-order valence-corrected chi connectivity index (χ4v) is 3.63. The number of hydrogen-bond acceptors (Lipinski definition) is 3. The molecule has 1 aromatic carbocycles. The van der Waals surface area contributed by atoms with Crippen molar-refractivity contribution in [1.29, 1.82) is 0 Å². The first kappa shape index (κ1) is 17.8. The van der Waals surface area contributed by atoms with E-state index in [9.17, 15) is 4.79 Å². The highest BCUT2D eigenvalue weighted by molar-refractivity contribution is 6.30. The van der Waals surface area contributed by atoms with Crippen LogP contribution in [0.25, 0.3) is 0 Å². The average Bonchev–Trinajstić information content (AvgIpc) is 2.93. The molecule has 25 heavy (non-hydrogen) atoms. The first-order valence-electron chi connectivity index (χ1n) is 8.75. The lowest BCUT2D eigenvalue weighted by Gasteiger charge is -2.36. The third kappa shape index (κ3) is 4.15. The van der Waals surface area contributed by atoms with Gasteiger partial charge in [0.1, 0.15) is 0 Å². The van der Waals surface area contributed by atoms with Gasteiger partial charge in [-0.25, -0.2) is 0 Å². The van der Waals surface area contributed by atoms with Crippen molar-refractivity contribution in [2.24, 2.45) is 0 Å². The summed E-state index contributed by atoms with van der Waals surface area (Å²) >= 11 is 6.07. The van der Waals surface area contributed by atoms with E-state index in [0.717, 1.165) is 48.3 Å². The molecule has 2 heterocycles. The van der Waals surface area contributed by atoms with Crippen LogP contribution in [0.3, 0.4) is 0 Å². The van der Waals surface area contributed by atoms with Crippen LogP contribution in [0.15, 0.2) is 30.3 Å². The van der Waals surface area contributed by atoms with E-state index >= 15 is 0 Å². The Balaban J connectivity index is 1.55. The minimum Gasteiger partial charge on any atom is -0.368 e. The van der Waals surface area contributed by atoms with Gasteiger partial charge in [-0.1, -0.05) is 17.7 Å². The largest absolute Gasteiger partial charge is 0.368 e. The van der Waals surface area contributed by atoms with Crippen LogP contribution in [-0.4, -0.2) is 46.8 Å². The Hall–Kier alpha value is -2.01. The van der Waals surface area contributed by atoms with Gasteiger partial charge in [0, 0.05) is 49.0 Å². The SMILES string of the molecule is Cc1cc(C)n(C(C)CC(=O)N2CCN(c3cccc(Cl)c3)CC2)n1. The van der Waals surface area contributed by atoms with Crippen molar-refractivity contribution in [3.05, 3.63) is 46.7 Å². The van der Waals surface area contributed by atoms with Gasteiger partial charge < -0.3 is 9.80 Å². The van der Waals surface area contributed by atoms with Crippen LogP contribution in [0.2, 0.25) is 5.02 Å². The number of anilines is 1. The van der Waals surface area contributed by atoms with Crippen molar-refractivity contribution < 1.29 is 4.79 Å². The quantitative estimate of drug-likeness (QED) is 0.838. The predicted octanol–water partition coefficient (Wildman–Crippen LogP) is 3.45. The molecule has 1 atom stereocenters. The Morgan fingerprint density at radius 2 is 1.92 bits per heavy atom. The molecule has 1 fully saturated rings. The monoisotopic (exact) mass is 360 g/mol. The number of aryl methyl sites for hydroxylation is 2. The molecule has 5 nitrogen and oxygen atoms in total. The Labute approximate surface area is 154 Å². The van der Waals surface area contributed by atoms with Gasteiger partial charge in [-0.3, -0.25) is 9.48 Å². The fraction of sp³-hybridized carbons (Fsp3) is 0.474. The highest BCUT2D eigenvalue weighted by atomic mass is 35.5. The van der Waals surface area contributed by atoms with Crippen LogP contribution in [0.5, 0.6) is 0 Å². The minimum absolute atomic E-state index is 0.0761. The number of benzene rings is 1. The number of carbonyl (C=O) groups excluding carboxylic acids is 1. The van der Waals surface area contributed by atoms with Crippen molar-refractivity contribution in [3.8, 4) is 0 Å². The summed E-state index contributed by atoms with van der Waals surface area (Å²) in [4.78, 5) is 16.9. The normalized spacial score (nSPS) is 16.2. The van der Waals surface area contributed by atoms with E-state index in [4.69, 9.17) is 11.6 Å². The second-order valence-corrected chi connectivity index (χ2v) is 7.21. The smallest absolute Gasteiger partial charge is 0.224 e. The molecule has 1 unspecified atom stereocenters. The summed E-state index contributed by atoms with van der Waals surface area (Å²) in [6, 6.07) is 10.0. The Morgan fingerprint density at radius 3 is 2.52 bits per heavy atom. The number of halogens is 1. The van der Waals surface area contributed by atoms with Gasteiger partial charge >= 0.3 is 0 Å². The fourth-order valence-electron chi connectivity index (χ4n) is 3.45. The highest BCUT2D eigenvalue weighted by Crippen LogP contribution is 2.22. The second-order valence-electron chi connectivity index (χ2n) is 6.77. The van der Waals surface area contributed by atoms with Crippen molar-refractivity contribution >= 4 is 23.2 Å². The summed E-state index contributed by atoms with van der Waals surface area (Å²) in [6.45, 7) is 9.22.